The minimum atomic E-state index is -0.716. The summed E-state index contributed by atoms with van der Waals surface area (Å²) >= 11 is 0. The van der Waals surface area contributed by atoms with E-state index in [0.29, 0.717) is 40.9 Å². The lowest BCUT2D eigenvalue weighted by Crippen LogP contribution is -2.26. The Morgan fingerprint density at radius 1 is 1.09 bits per heavy atom. The number of ether oxygens (including phenoxy) is 3. The highest BCUT2D eigenvalue weighted by atomic mass is 16.5. The second kappa shape index (κ2) is 11.0. The molecular weight excluding hydrogens is 450 g/mol. The molecule has 9 heteroatoms. The molecule has 1 aromatic carbocycles. The monoisotopic (exact) mass is 481 g/mol. The number of hydrogen-bond donors (Lipinski definition) is 1. The number of carbonyl (C=O) groups is 2. The number of nitrogens with one attached hydrogen (secondary N) is 1. The van der Waals surface area contributed by atoms with Crippen molar-refractivity contribution in [2.75, 3.05) is 25.1 Å². The zero-order valence-corrected chi connectivity index (χ0v) is 20.7. The maximum atomic E-state index is 13.2. The average molecular weight is 482 g/mol. The lowest BCUT2D eigenvalue weighted by Gasteiger charge is -2.17. The van der Waals surface area contributed by atoms with Gasteiger partial charge in [0.05, 0.1) is 25.2 Å². The van der Waals surface area contributed by atoms with Crippen LogP contribution in [0.5, 0.6) is 5.75 Å². The number of fused-ring (bicyclic) bond motifs is 1. The van der Waals surface area contributed by atoms with E-state index in [-0.39, 0.29) is 24.9 Å². The Labute approximate surface area is 204 Å². The van der Waals surface area contributed by atoms with Gasteiger partial charge in [-0.25, -0.2) is 9.78 Å². The van der Waals surface area contributed by atoms with Gasteiger partial charge in [-0.15, -0.1) is 0 Å². The fourth-order valence-electron chi connectivity index (χ4n) is 3.42. The first-order chi connectivity index (χ1) is 16.6. The van der Waals surface area contributed by atoms with Crippen molar-refractivity contribution in [2.45, 2.75) is 34.1 Å². The van der Waals surface area contributed by atoms with Gasteiger partial charge >= 0.3 is 12.1 Å². The van der Waals surface area contributed by atoms with E-state index in [1.54, 1.807) is 65.2 Å². The van der Waals surface area contributed by atoms with Crippen molar-refractivity contribution in [3.8, 4) is 16.9 Å². The van der Waals surface area contributed by atoms with Crippen LogP contribution < -0.4 is 15.6 Å². The summed E-state index contributed by atoms with van der Waals surface area (Å²) in [6, 6.07) is 10.8. The standard InChI is InChI=1S/C26H31N3O6/c1-6-33-25(32)28-21-20(19-12-8-13-27-22(19)29(5)23(21)30)17-10-7-11-18(16-17)34-14-9-15-35-24(31)26(2,3)4/h7-8,10-13,16H,6,9,14-15H2,1-5H3,(H,28,32). The van der Waals surface area contributed by atoms with Gasteiger partial charge in [0.15, 0.2) is 0 Å². The Kier molecular flexibility index (Phi) is 8.11. The molecule has 1 N–H and O–H groups in total. The maximum absolute atomic E-state index is 13.2. The van der Waals surface area contributed by atoms with Crippen molar-refractivity contribution in [3.05, 3.63) is 52.9 Å². The summed E-state index contributed by atoms with van der Waals surface area (Å²) in [5, 5.41) is 3.29. The van der Waals surface area contributed by atoms with Crippen molar-refractivity contribution >= 4 is 28.8 Å². The number of rotatable bonds is 8. The fourth-order valence-corrected chi connectivity index (χ4v) is 3.42. The Morgan fingerprint density at radius 2 is 1.86 bits per heavy atom. The van der Waals surface area contributed by atoms with Gasteiger partial charge < -0.3 is 14.2 Å². The highest BCUT2D eigenvalue weighted by Crippen LogP contribution is 2.34. The normalized spacial score (nSPS) is 11.2. The number of esters is 1. The minimum absolute atomic E-state index is 0.0951. The molecule has 0 aliphatic rings. The Hall–Kier alpha value is -3.88. The van der Waals surface area contributed by atoms with Crippen LogP contribution in [0.2, 0.25) is 0 Å². The third-order valence-electron chi connectivity index (χ3n) is 5.17. The zero-order chi connectivity index (χ0) is 25.6. The first-order valence-electron chi connectivity index (χ1n) is 11.5. The predicted molar refractivity (Wildman–Crippen MR) is 134 cm³/mol. The largest absolute Gasteiger partial charge is 0.493 e. The van der Waals surface area contributed by atoms with Crippen LogP contribution in [0, 0.1) is 5.41 Å². The second-order valence-corrected chi connectivity index (χ2v) is 8.95. The number of anilines is 1. The highest BCUT2D eigenvalue weighted by Gasteiger charge is 2.23. The lowest BCUT2D eigenvalue weighted by molar-refractivity contribution is -0.153. The van der Waals surface area contributed by atoms with E-state index >= 15 is 0 Å². The van der Waals surface area contributed by atoms with Crippen molar-refractivity contribution in [1.29, 1.82) is 0 Å². The number of carbonyl (C=O) groups excluding carboxylic acids is 2. The third kappa shape index (κ3) is 6.17. The molecule has 0 aliphatic carbocycles. The van der Waals surface area contributed by atoms with Gasteiger partial charge in [-0.2, -0.15) is 0 Å². The molecule has 3 rings (SSSR count). The van der Waals surface area contributed by atoms with E-state index in [1.807, 2.05) is 12.1 Å². The maximum Gasteiger partial charge on any atom is 0.411 e. The van der Waals surface area contributed by atoms with E-state index in [4.69, 9.17) is 14.2 Å². The molecule has 0 saturated heterocycles. The molecule has 0 fully saturated rings. The number of amides is 1. The van der Waals surface area contributed by atoms with Crippen LogP contribution in [0.1, 0.15) is 34.1 Å². The average Bonchev–Trinajstić information content (AvgIpc) is 2.82. The summed E-state index contributed by atoms with van der Waals surface area (Å²) in [7, 11) is 1.60. The van der Waals surface area contributed by atoms with E-state index in [9.17, 15) is 14.4 Å². The molecule has 0 radical (unpaired) electrons. The first-order valence-corrected chi connectivity index (χ1v) is 11.5. The van der Waals surface area contributed by atoms with E-state index in [0.717, 1.165) is 0 Å². The second-order valence-electron chi connectivity index (χ2n) is 8.95. The zero-order valence-electron chi connectivity index (χ0n) is 20.7. The van der Waals surface area contributed by atoms with Crippen LogP contribution in [-0.4, -0.2) is 41.4 Å². The van der Waals surface area contributed by atoms with Gasteiger partial charge in [-0.05, 0) is 57.5 Å². The summed E-state index contributed by atoms with van der Waals surface area (Å²) in [4.78, 5) is 41.6. The van der Waals surface area contributed by atoms with Gasteiger partial charge in [0.2, 0.25) is 0 Å². The first kappa shape index (κ1) is 25.7. The fraction of sp³-hybridized carbons (Fsp3) is 0.385. The Balaban J connectivity index is 1.89. The summed E-state index contributed by atoms with van der Waals surface area (Å²) in [6.07, 6.45) is 1.42. The van der Waals surface area contributed by atoms with Crippen LogP contribution in [0.3, 0.4) is 0 Å². The van der Waals surface area contributed by atoms with E-state index in [2.05, 4.69) is 10.3 Å². The number of benzene rings is 1. The molecule has 0 aliphatic heterocycles. The van der Waals surface area contributed by atoms with Crippen molar-refractivity contribution in [1.82, 2.24) is 9.55 Å². The van der Waals surface area contributed by atoms with Gasteiger partial charge in [-0.3, -0.25) is 19.5 Å². The van der Waals surface area contributed by atoms with Crippen molar-refractivity contribution in [2.24, 2.45) is 12.5 Å². The highest BCUT2D eigenvalue weighted by molar-refractivity contribution is 6.03. The van der Waals surface area contributed by atoms with Gasteiger partial charge in [0.1, 0.15) is 17.1 Å². The molecule has 2 heterocycles. The topological polar surface area (TPSA) is 109 Å². The molecule has 186 valence electrons. The smallest absolute Gasteiger partial charge is 0.411 e. The molecule has 0 spiro atoms. The summed E-state index contributed by atoms with van der Waals surface area (Å²) in [5.41, 5.74) is 0.810. The summed E-state index contributed by atoms with van der Waals surface area (Å²) < 4.78 is 17.5. The molecule has 0 saturated carbocycles. The molecule has 0 atom stereocenters. The van der Waals surface area contributed by atoms with Crippen LogP contribution in [0.25, 0.3) is 22.2 Å². The third-order valence-corrected chi connectivity index (χ3v) is 5.17. The van der Waals surface area contributed by atoms with Crippen LogP contribution >= 0.6 is 0 Å². The van der Waals surface area contributed by atoms with Gasteiger partial charge in [-0.1, -0.05) is 12.1 Å². The van der Waals surface area contributed by atoms with E-state index < -0.39 is 17.1 Å². The molecule has 35 heavy (non-hydrogen) atoms. The number of aromatic nitrogens is 2. The number of hydrogen-bond acceptors (Lipinski definition) is 7. The quantitative estimate of drug-likeness (QED) is 0.372. The molecule has 9 nitrogen and oxygen atoms in total. The predicted octanol–water partition coefficient (Wildman–Crippen LogP) is 4.53. The van der Waals surface area contributed by atoms with Gasteiger partial charge in [0.25, 0.3) is 5.56 Å². The molecule has 0 bridgehead atoms. The molecule has 1 amide bonds. The molecule has 3 aromatic rings. The molecular formula is C26H31N3O6. The van der Waals surface area contributed by atoms with Crippen LogP contribution in [0.15, 0.2) is 47.4 Å². The number of aryl methyl sites for hydroxylation is 1. The minimum Gasteiger partial charge on any atom is -0.493 e. The molecule has 2 aromatic heterocycles. The Morgan fingerprint density at radius 3 is 2.57 bits per heavy atom. The van der Waals surface area contributed by atoms with Crippen molar-refractivity contribution in [3.63, 3.8) is 0 Å². The lowest BCUT2D eigenvalue weighted by atomic mass is 9.97. The van der Waals surface area contributed by atoms with E-state index in [1.165, 1.54) is 4.57 Å². The van der Waals surface area contributed by atoms with Gasteiger partial charge in [0, 0.05) is 30.6 Å². The Bertz CT molecular complexity index is 1280. The SMILES string of the molecule is CCOC(=O)Nc1c(-c2cccc(OCCCOC(=O)C(C)(C)C)c2)c2cccnc2n(C)c1=O. The summed E-state index contributed by atoms with van der Waals surface area (Å²) in [5.74, 6) is 0.316. The molecule has 0 unspecified atom stereocenters. The van der Waals surface area contributed by atoms with Crippen LogP contribution in [-0.2, 0) is 21.3 Å². The van der Waals surface area contributed by atoms with Crippen LogP contribution in [0.4, 0.5) is 10.5 Å². The summed E-state index contributed by atoms with van der Waals surface area (Å²) in [6.45, 7) is 7.87. The van der Waals surface area contributed by atoms with Crippen molar-refractivity contribution < 1.29 is 23.8 Å². The number of pyridine rings is 2. The number of nitrogens with zero attached hydrogens (tertiary/aromatic N) is 2.